The van der Waals surface area contributed by atoms with Gasteiger partial charge in [-0.05, 0) is 49.2 Å². The molecule has 31 heavy (non-hydrogen) atoms. The smallest absolute Gasteiger partial charge is 0.220 e. The van der Waals surface area contributed by atoms with Crippen molar-refractivity contribution in [2.45, 2.75) is 24.2 Å². The Morgan fingerprint density at radius 3 is 2.48 bits per heavy atom. The van der Waals surface area contributed by atoms with Crippen LogP contribution in [0.15, 0.2) is 65.7 Å². The van der Waals surface area contributed by atoms with Gasteiger partial charge in [-0.2, -0.15) is 0 Å². The summed E-state index contributed by atoms with van der Waals surface area (Å²) < 4.78 is 34.2. The summed E-state index contributed by atoms with van der Waals surface area (Å²) in [5, 5.41) is 3.90. The zero-order chi connectivity index (χ0) is 22.1. The standard InChI is InChI=1S/C23H26N2O5S/c1-31(27,28)20-12-10-19(11-13-20)29-16-4-9-22(26)24-15-5-17-30-21-8-2-6-18-7-3-14-25-23(18)21/h2-3,6-8,10-14H,4-5,9,15-17H2,1H3,(H,24,26). The molecule has 2 aromatic carbocycles. The molecule has 0 radical (unpaired) electrons. The first kappa shape index (κ1) is 22.6. The van der Waals surface area contributed by atoms with E-state index in [1.54, 1.807) is 18.3 Å². The number of nitrogens with one attached hydrogen (secondary N) is 1. The lowest BCUT2D eigenvalue weighted by molar-refractivity contribution is -0.121. The minimum atomic E-state index is -3.22. The molecule has 1 aromatic heterocycles. The number of hydrogen-bond donors (Lipinski definition) is 1. The molecule has 0 aliphatic heterocycles. The molecule has 164 valence electrons. The summed E-state index contributed by atoms with van der Waals surface area (Å²) in [5.74, 6) is 1.28. The molecule has 8 heteroatoms. The van der Waals surface area contributed by atoms with E-state index in [2.05, 4.69) is 10.3 Å². The van der Waals surface area contributed by atoms with Crippen molar-refractivity contribution < 1.29 is 22.7 Å². The minimum absolute atomic E-state index is 0.0390. The van der Waals surface area contributed by atoms with Crippen LogP contribution < -0.4 is 14.8 Å². The Bertz CT molecular complexity index is 1110. The van der Waals surface area contributed by atoms with E-state index in [0.29, 0.717) is 44.8 Å². The largest absolute Gasteiger partial charge is 0.494 e. The Hall–Kier alpha value is -3.13. The van der Waals surface area contributed by atoms with E-state index in [0.717, 1.165) is 22.9 Å². The van der Waals surface area contributed by atoms with Gasteiger partial charge >= 0.3 is 0 Å². The minimum Gasteiger partial charge on any atom is -0.494 e. The number of amides is 1. The number of nitrogens with zero attached hydrogens (tertiary/aromatic N) is 1. The van der Waals surface area contributed by atoms with Gasteiger partial charge in [0.25, 0.3) is 0 Å². The van der Waals surface area contributed by atoms with Crippen LogP contribution in [-0.4, -0.2) is 45.3 Å². The Labute approximate surface area is 182 Å². The van der Waals surface area contributed by atoms with E-state index >= 15 is 0 Å². The first-order valence-electron chi connectivity index (χ1n) is 10.1. The van der Waals surface area contributed by atoms with Crippen molar-refractivity contribution >= 4 is 26.6 Å². The van der Waals surface area contributed by atoms with Gasteiger partial charge in [0.15, 0.2) is 9.84 Å². The number of benzene rings is 2. The van der Waals surface area contributed by atoms with Crippen molar-refractivity contribution in [1.82, 2.24) is 10.3 Å². The molecule has 0 spiro atoms. The Kier molecular flexibility index (Phi) is 7.83. The average molecular weight is 443 g/mol. The van der Waals surface area contributed by atoms with Crippen LogP contribution in [0.4, 0.5) is 0 Å². The molecule has 0 unspecified atom stereocenters. The maximum Gasteiger partial charge on any atom is 0.220 e. The molecule has 0 bridgehead atoms. The number of hydrogen-bond acceptors (Lipinski definition) is 6. The highest BCUT2D eigenvalue weighted by Gasteiger charge is 2.07. The number of carbonyl (C=O) groups is 1. The maximum absolute atomic E-state index is 11.9. The Balaban J connectivity index is 1.28. The van der Waals surface area contributed by atoms with E-state index in [9.17, 15) is 13.2 Å². The van der Waals surface area contributed by atoms with Crippen LogP contribution in [0, 0.1) is 0 Å². The Morgan fingerprint density at radius 1 is 0.968 bits per heavy atom. The second-order valence-corrected chi connectivity index (χ2v) is 9.09. The van der Waals surface area contributed by atoms with Crippen LogP contribution >= 0.6 is 0 Å². The van der Waals surface area contributed by atoms with E-state index in [4.69, 9.17) is 9.47 Å². The molecule has 1 amide bonds. The zero-order valence-corrected chi connectivity index (χ0v) is 18.2. The predicted molar refractivity (Wildman–Crippen MR) is 119 cm³/mol. The van der Waals surface area contributed by atoms with Crippen molar-refractivity contribution in [1.29, 1.82) is 0 Å². The SMILES string of the molecule is CS(=O)(=O)c1ccc(OCCCC(=O)NCCCOc2cccc3cccnc23)cc1. The van der Waals surface area contributed by atoms with Gasteiger partial charge in [0, 0.05) is 30.8 Å². The zero-order valence-electron chi connectivity index (χ0n) is 17.4. The number of rotatable bonds is 11. The highest BCUT2D eigenvalue weighted by atomic mass is 32.2. The molecular weight excluding hydrogens is 416 g/mol. The fourth-order valence-corrected chi connectivity index (χ4v) is 3.60. The fourth-order valence-electron chi connectivity index (χ4n) is 2.97. The van der Waals surface area contributed by atoms with Gasteiger partial charge in [-0.15, -0.1) is 0 Å². The second kappa shape index (κ2) is 10.8. The fraction of sp³-hybridized carbons (Fsp3) is 0.304. The molecule has 0 saturated heterocycles. The van der Waals surface area contributed by atoms with E-state index < -0.39 is 9.84 Å². The highest BCUT2D eigenvalue weighted by molar-refractivity contribution is 7.90. The van der Waals surface area contributed by atoms with Crippen molar-refractivity contribution in [2.24, 2.45) is 0 Å². The molecule has 3 aromatic rings. The summed E-state index contributed by atoms with van der Waals surface area (Å²) in [5.41, 5.74) is 0.833. The molecule has 0 fully saturated rings. The number of fused-ring (bicyclic) bond motifs is 1. The molecule has 0 atom stereocenters. The number of sulfone groups is 1. The van der Waals surface area contributed by atoms with Gasteiger partial charge in [-0.25, -0.2) is 8.42 Å². The van der Waals surface area contributed by atoms with Crippen LogP contribution in [-0.2, 0) is 14.6 Å². The van der Waals surface area contributed by atoms with Gasteiger partial charge in [-0.1, -0.05) is 18.2 Å². The van der Waals surface area contributed by atoms with Gasteiger partial charge in [0.1, 0.15) is 17.0 Å². The molecule has 7 nitrogen and oxygen atoms in total. The second-order valence-electron chi connectivity index (χ2n) is 7.08. The summed E-state index contributed by atoms with van der Waals surface area (Å²) in [4.78, 5) is 16.5. The summed E-state index contributed by atoms with van der Waals surface area (Å²) in [6.45, 7) is 1.40. The van der Waals surface area contributed by atoms with Gasteiger partial charge in [0.05, 0.1) is 18.1 Å². The third kappa shape index (κ3) is 6.96. The number of aromatic nitrogens is 1. The van der Waals surface area contributed by atoms with Crippen molar-refractivity contribution in [3.63, 3.8) is 0 Å². The average Bonchev–Trinajstić information content (AvgIpc) is 2.76. The molecule has 1 N–H and O–H groups in total. The van der Waals surface area contributed by atoms with Crippen LogP contribution in [0.25, 0.3) is 10.9 Å². The first-order valence-corrected chi connectivity index (χ1v) is 12.0. The van der Waals surface area contributed by atoms with Gasteiger partial charge < -0.3 is 14.8 Å². The van der Waals surface area contributed by atoms with Gasteiger partial charge in [0.2, 0.25) is 5.91 Å². The summed E-state index contributed by atoms with van der Waals surface area (Å²) in [6, 6.07) is 15.9. The summed E-state index contributed by atoms with van der Waals surface area (Å²) in [6.07, 6.45) is 4.52. The van der Waals surface area contributed by atoms with Crippen molar-refractivity contribution in [3.8, 4) is 11.5 Å². The number of ether oxygens (including phenoxy) is 2. The monoisotopic (exact) mass is 442 g/mol. The normalized spacial score (nSPS) is 11.3. The van der Waals surface area contributed by atoms with E-state index in [-0.39, 0.29) is 10.8 Å². The number of carbonyl (C=O) groups excluding carboxylic acids is 1. The number of pyridine rings is 1. The Morgan fingerprint density at radius 2 is 1.71 bits per heavy atom. The van der Waals surface area contributed by atoms with Crippen LogP contribution in [0.3, 0.4) is 0 Å². The van der Waals surface area contributed by atoms with Gasteiger partial charge in [-0.3, -0.25) is 9.78 Å². The molecule has 0 aliphatic rings. The summed E-state index contributed by atoms with van der Waals surface area (Å²) in [7, 11) is -3.22. The van der Waals surface area contributed by atoms with E-state index in [1.807, 2.05) is 30.3 Å². The van der Waals surface area contributed by atoms with Crippen LogP contribution in [0.2, 0.25) is 0 Å². The predicted octanol–water partition coefficient (Wildman–Crippen LogP) is 3.38. The molecule has 0 saturated carbocycles. The van der Waals surface area contributed by atoms with Crippen LogP contribution in [0.5, 0.6) is 11.5 Å². The van der Waals surface area contributed by atoms with Crippen LogP contribution in [0.1, 0.15) is 19.3 Å². The lowest BCUT2D eigenvalue weighted by Crippen LogP contribution is -2.25. The lowest BCUT2D eigenvalue weighted by atomic mass is 10.2. The third-order valence-corrected chi connectivity index (χ3v) is 5.69. The first-order chi connectivity index (χ1) is 14.9. The van der Waals surface area contributed by atoms with Crippen molar-refractivity contribution in [3.05, 3.63) is 60.8 Å². The third-order valence-electron chi connectivity index (χ3n) is 4.57. The summed E-state index contributed by atoms with van der Waals surface area (Å²) >= 11 is 0. The van der Waals surface area contributed by atoms with Crippen molar-refractivity contribution in [2.75, 3.05) is 26.0 Å². The molecular formula is C23H26N2O5S. The quantitative estimate of drug-likeness (QED) is 0.458. The molecule has 0 aliphatic carbocycles. The molecule has 3 rings (SSSR count). The number of para-hydroxylation sites is 1. The topological polar surface area (TPSA) is 94.6 Å². The molecule has 1 heterocycles. The van der Waals surface area contributed by atoms with E-state index in [1.165, 1.54) is 12.1 Å². The highest BCUT2D eigenvalue weighted by Crippen LogP contribution is 2.22. The lowest BCUT2D eigenvalue weighted by Gasteiger charge is -2.09. The maximum atomic E-state index is 11.9.